The Labute approximate surface area is 155 Å². The van der Waals surface area contributed by atoms with E-state index < -0.39 is 0 Å². The minimum Gasteiger partial charge on any atom is -0.393 e. The molecule has 5 rings (SSSR count). The van der Waals surface area contributed by atoms with Crippen molar-refractivity contribution in [3.63, 3.8) is 0 Å². The van der Waals surface area contributed by atoms with Crippen molar-refractivity contribution in [3.05, 3.63) is 89.2 Å². The zero-order chi connectivity index (χ0) is 18.4. The summed E-state index contributed by atoms with van der Waals surface area (Å²) in [6.07, 6.45) is 1.98. The van der Waals surface area contributed by atoms with Gasteiger partial charge >= 0.3 is 0 Å². The molecule has 0 aliphatic carbocycles. The molecule has 6 heteroatoms. The van der Waals surface area contributed by atoms with E-state index in [9.17, 15) is 9.59 Å². The SMILES string of the molecule is O=C1c2ccccc2C(=O)N1CCO/N=C1/c2ccccc2-n2cccc21. The summed E-state index contributed by atoms with van der Waals surface area (Å²) in [4.78, 5) is 31.4. The molecule has 3 heterocycles. The third-order valence-corrected chi connectivity index (χ3v) is 4.85. The van der Waals surface area contributed by atoms with Gasteiger partial charge in [0.2, 0.25) is 0 Å². The number of carbonyl (C=O) groups excluding carboxylic acids is 2. The van der Waals surface area contributed by atoms with Crippen molar-refractivity contribution >= 4 is 17.5 Å². The first-order valence-corrected chi connectivity index (χ1v) is 8.68. The van der Waals surface area contributed by atoms with Gasteiger partial charge in [-0.2, -0.15) is 0 Å². The number of oxime groups is 1. The summed E-state index contributed by atoms with van der Waals surface area (Å²) in [5.41, 5.74) is 4.64. The minimum absolute atomic E-state index is 0.137. The second-order valence-corrected chi connectivity index (χ2v) is 6.36. The molecular formula is C21H15N3O3. The Hall–Kier alpha value is -3.67. The first-order chi connectivity index (χ1) is 13.3. The molecule has 0 N–H and O–H groups in total. The molecule has 0 spiro atoms. The molecule has 0 fully saturated rings. The molecule has 0 unspecified atom stereocenters. The molecular weight excluding hydrogens is 342 g/mol. The van der Waals surface area contributed by atoms with Gasteiger partial charge in [0.15, 0.2) is 0 Å². The van der Waals surface area contributed by atoms with Crippen molar-refractivity contribution in [2.24, 2.45) is 5.16 Å². The van der Waals surface area contributed by atoms with E-state index in [0.29, 0.717) is 11.1 Å². The fourth-order valence-corrected chi connectivity index (χ4v) is 3.59. The number of nitrogens with zero attached hydrogens (tertiary/aromatic N) is 3. The number of hydrogen-bond acceptors (Lipinski definition) is 4. The molecule has 0 saturated heterocycles. The lowest BCUT2D eigenvalue weighted by molar-refractivity contribution is 0.0571. The van der Waals surface area contributed by atoms with Gasteiger partial charge in [-0.25, -0.2) is 0 Å². The van der Waals surface area contributed by atoms with Crippen molar-refractivity contribution in [1.82, 2.24) is 9.47 Å². The Morgan fingerprint density at radius 3 is 2.22 bits per heavy atom. The minimum atomic E-state index is -0.285. The fourth-order valence-electron chi connectivity index (χ4n) is 3.59. The second-order valence-electron chi connectivity index (χ2n) is 6.36. The van der Waals surface area contributed by atoms with Crippen LogP contribution in [-0.4, -0.2) is 40.1 Å². The molecule has 27 heavy (non-hydrogen) atoms. The highest BCUT2D eigenvalue weighted by molar-refractivity contribution is 6.21. The molecule has 0 atom stereocenters. The first kappa shape index (κ1) is 15.6. The zero-order valence-electron chi connectivity index (χ0n) is 14.3. The standard InChI is InChI=1S/C21H15N3O3/c25-20-14-6-1-2-7-15(14)21(26)24(20)12-13-27-22-19-16-8-3-4-9-17(16)23-11-5-10-18(19)23/h1-11H,12-13H2/b22-19-. The molecule has 0 bridgehead atoms. The van der Waals surface area contributed by atoms with Crippen molar-refractivity contribution in [1.29, 1.82) is 0 Å². The van der Waals surface area contributed by atoms with E-state index in [1.165, 1.54) is 4.90 Å². The van der Waals surface area contributed by atoms with Crippen LogP contribution in [0.25, 0.3) is 5.69 Å². The number of rotatable bonds is 4. The first-order valence-electron chi connectivity index (χ1n) is 8.68. The van der Waals surface area contributed by atoms with Crippen LogP contribution >= 0.6 is 0 Å². The van der Waals surface area contributed by atoms with Crippen LogP contribution in [0.3, 0.4) is 0 Å². The third-order valence-electron chi connectivity index (χ3n) is 4.85. The van der Waals surface area contributed by atoms with Crippen LogP contribution in [0.5, 0.6) is 0 Å². The van der Waals surface area contributed by atoms with Gasteiger partial charge in [0.1, 0.15) is 12.3 Å². The summed E-state index contributed by atoms with van der Waals surface area (Å²) in [5.74, 6) is -0.570. The largest absolute Gasteiger partial charge is 0.393 e. The Morgan fingerprint density at radius 1 is 0.815 bits per heavy atom. The van der Waals surface area contributed by atoms with Gasteiger partial charge in [-0.15, -0.1) is 0 Å². The smallest absolute Gasteiger partial charge is 0.261 e. The van der Waals surface area contributed by atoms with Gasteiger partial charge < -0.3 is 9.40 Å². The lowest BCUT2D eigenvalue weighted by atomic mass is 10.1. The molecule has 2 aliphatic rings. The summed E-state index contributed by atoms with van der Waals surface area (Å²) < 4.78 is 2.06. The van der Waals surface area contributed by atoms with Crippen LogP contribution in [-0.2, 0) is 4.84 Å². The van der Waals surface area contributed by atoms with Crippen LogP contribution in [0.2, 0.25) is 0 Å². The number of para-hydroxylation sites is 1. The monoisotopic (exact) mass is 357 g/mol. The van der Waals surface area contributed by atoms with E-state index in [1.807, 2.05) is 42.6 Å². The predicted molar refractivity (Wildman–Crippen MR) is 99.2 cm³/mol. The van der Waals surface area contributed by atoms with E-state index in [-0.39, 0.29) is 25.0 Å². The lowest BCUT2D eigenvalue weighted by Crippen LogP contribution is -2.32. The molecule has 6 nitrogen and oxygen atoms in total. The van der Waals surface area contributed by atoms with Gasteiger partial charge in [-0.3, -0.25) is 14.5 Å². The Balaban J connectivity index is 1.32. The Bertz CT molecular complexity index is 1080. The van der Waals surface area contributed by atoms with E-state index in [4.69, 9.17) is 4.84 Å². The summed E-state index contributed by atoms with van der Waals surface area (Å²) in [7, 11) is 0. The topological polar surface area (TPSA) is 63.9 Å². The Morgan fingerprint density at radius 2 is 1.48 bits per heavy atom. The number of benzene rings is 2. The summed E-state index contributed by atoms with van der Waals surface area (Å²) in [5, 5.41) is 4.28. The molecule has 0 radical (unpaired) electrons. The zero-order valence-corrected chi connectivity index (χ0v) is 14.3. The number of aromatic nitrogens is 1. The number of imide groups is 1. The molecule has 2 aromatic carbocycles. The van der Waals surface area contributed by atoms with Crippen LogP contribution in [0.1, 0.15) is 32.0 Å². The highest BCUT2D eigenvalue weighted by atomic mass is 16.6. The lowest BCUT2D eigenvalue weighted by Gasteiger charge is -2.12. The third kappa shape index (κ3) is 2.30. The maximum absolute atomic E-state index is 12.4. The quantitative estimate of drug-likeness (QED) is 0.320. The van der Waals surface area contributed by atoms with E-state index in [1.54, 1.807) is 24.3 Å². The van der Waals surface area contributed by atoms with Crippen LogP contribution in [0.4, 0.5) is 0 Å². The van der Waals surface area contributed by atoms with Crippen molar-refractivity contribution in [3.8, 4) is 5.69 Å². The number of amides is 2. The van der Waals surface area contributed by atoms with Crippen LogP contribution in [0.15, 0.2) is 72.0 Å². The molecule has 132 valence electrons. The molecule has 2 aliphatic heterocycles. The highest BCUT2D eigenvalue weighted by Gasteiger charge is 2.34. The van der Waals surface area contributed by atoms with Gasteiger partial charge in [0.05, 0.1) is 29.1 Å². The highest BCUT2D eigenvalue weighted by Crippen LogP contribution is 2.28. The maximum atomic E-state index is 12.4. The molecule has 3 aromatic rings. The molecule has 0 saturated carbocycles. The molecule has 1 aromatic heterocycles. The normalized spacial score (nSPS) is 15.9. The van der Waals surface area contributed by atoms with Crippen molar-refractivity contribution < 1.29 is 14.4 Å². The van der Waals surface area contributed by atoms with Gasteiger partial charge in [0.25, 0.3) is 11.8 Å². The fraction of sp³-hybridized carbons (Fsp3) is 0.0952. The Kier molecular flexibility index (Phi) is 3.43. The molecule has 2 amide bonds. The van der Waals surface area contributed by atoms with Gasteiger partial charge in [-0.1, -0.05) is 35.5 Å². The van der Waals surface area contributed by atoms with Crippen molar-refractivity contribution in [2.75, 3.05) is 13.2 Å². The second kappa shape index (κ2) is 5.95. The van der Waals surface area contributed by atoms with Crippen molar-refractivity contribution in [2.45, 2.75) is 0 Å². The predicted octanol–water partition coefficient (Wildman–Crippen LogP) is 2.86. The van der Waals surface area contributed by atoms with Gasteiger partial charge in [0, 0.05) is 11.8 Å². The summed E-state index contributed by atoms with van der Waals surface area (Å²) in [6, 6.07) is 18.7. The van der Waals surface area contributed by atoms with E-state index >= 15 is 0 Å². The van der Waals surface area contributed by atoms with Gasteiger partial charge in [-0.05, 0) is 30.3 Å². The average molecular weight is 357 g/mol. The summed E-state index contributed by atoms with van der Waals surface area (Å²) in [6.45, 7) is 0.295. The number of carbonyl (C=O) groups is 2. The van der Waals surface area contributed by atoms with Crippen LogP contribution < -0.4 is 0 Å². The average Bonchev–Trinajstić information content (AvgIpc) is 3.35. The van der Waals surface area contributed by atoms with E-state index in [0.717, 1.165) is 22.7 Å². The van der Waals surface area contributed by atoms with Crippen LogP contribution in [0, 0.1) is 0 Å². The number of fused-ring (bicyclic) bond motifs is 4. The van der Waals surface area contributed by atoms with E-state index in [2.05, 4.69) is 9.72 Å². The maximum Gasteiger partial charge on any atom is 0.261 e. The number of hydrogen-bond donors (Lipinski definition) is 0. The summed E-state index contributed by atoms with van der Waals surface area (Å²) >= 11 is 0.